The molecule has 4 rings (SSSR count). The minimum Gasteiger partial charge on any atom is -0.508 e. The van der Waals surface area contributed by atoms with Crippen LogP contribution in [-0.4, -0.2) is 58.2 Å². The fourth-order valence-corrected chi connectivity index (χ4v) is 4.27. The molecule has 3 aromatic rings. The maximum absolute atomic E-state index is 13.5. The van der Waals surface area contributed by atoms with E-state index in [-0.39, 0.29) is 18.2 Å². The molecule has 0 spiro atoms. The van der Waals surface area contributed by atoms with Crippen molar-refractivity contribution in [3.63, 3.8) is 0 Å². The molecule has 7 heteroatoms. The number of benzene rings is 2. The maximum atomic E-state index is 13.5. The molecule has 0 bridgehead atoms. The lowest BCUT2D eigenvalue weighted by Gasteiger charge is -2.24. The Morgan fingerprint density at radius 1 is 1.11 bits per heavy atom. The molecule has 0 fully saturated rings. The summed E-state index contributed by atoms with van der Waals surface area (Å²) in [6.07, 6.45) is 9.25. The fourth-order valence-electron chi connectivity index (χ4n) is 4.27. The number of amides is 1. The number of carbonyl (C=O) groups is 1. The fraction of sp³-hybridized carbons (Fsp3) is 0.276. The zero-order valence-electron chi connectivity index (χ0n) is 20.9. The van der Waals surface area contributed by atoms with Gasteiger partial charge in [-0.25, -0.2) is 9.97 Å². The van der Waals surface area contributed by atoms with E-state index >= 15 is 0 Å². The molecular formula is C29H32N4O3. The first-order valence-electron chi connectivity index (χ1n) is 12.1. The number of aromatic nitrogens is 2. The molecule has 0 saturated heterocycles. The minimum absolute atomic E-state index is 0.0532. The number of aryl methyl sites for hydroxylation is 1. The zero-order chi connectivity index (χ0) is 25.7. The Balaban J connectivity index is 1.63. The number of phenolic OH excluding ortho intramolecular Hbond substituents is 1. The Morgan fingerprint density at radius 2 is 1.92 bits per heavy atom. The van der Waals surface area contributed by atoms with Gasteiger partial charge in [0.15, 0.2) is 0 Å². The van der Waals surface area contributed by atoms with E-state index in [0.717, 1.165) is 24.0 Å². The third-order valence-corrected chi connectivity index (χ3v) is 6.29. The molecule has 1 aliphatic carbocycles. The highest BCUT2D eigenvalue weighted by atomic mass is 16.3. The quantitative estimate of drug-likeness (QED) is 0.483. The Hall–Kier alpha value is -3.97. The number of allylic oxidation sites excluding steroid dienone is 2. The molecule has 2 aromatic carbocycles. The normalized spacial score (nSPS) is 13.7. The summed E-state index contributed by atoms with van der Waals surface area (Å²) in [5.41, 5.74) is 4.53. The second kappa shape index (κ2) is 11.2. The van der Waals surface area contributed by atoms with Crippen LogP contribution in [0, 0.1) is 6.92 Å². The Labute approximate surface area is 212 Å². The summed E-state index contributed by atoms with van der Waals surface area (Å²) in [5.74, 6) is 0.307. The van der Waals surface area contributed by atoms with Gasteiger partial charge in [0.25, 0.3) is 5.91 Å². The number of nitrogens with zero attached hydrogens (tertiary/aromatic N) is 4. The number of phenols is 1. The molecule has 7 nitrogen and oxygen atoms in total. The number of aliphatic hydroxyl groups excluding tert-OH is 1. The topological polar surface area (TPSA) is 89.8 Å². The highest BCUT2D eigenvalue weighted by Crippen LogP contribution is 2.28. The lowest BCUT2D eigenvalue weighted by atomic mass is 10.0. The molecule has 1 unspecified atom stereocenters. The van der Waals surface area contributed by atoms with Crippen molar-refractivity contribution in [1.29, 1.82) is 0 Å². The zero-order valence-corrected chi connectivity index (χ0v) is 20.9. The van der Waals surface area contributed by atoms with Crippen LogP contribution >= 0.6 is 0 Å². The second-order valence-electron chi connectivity index (χ2n) is 9.16. The van der Waals surface area contributed by atoms with Gasteiger partial charge < -0.3 is 20.0 Å². The first kappa shape index (κ1) is 25.1. The summed E-state index contributed by atoms with van der Waals surface area (Å²) >= 11 is 0. The van der Waals surface area contributed by atoms with Crippen LogP contribution in [0.15, 0.2) is 78.5 Å². The van der Waals surface area contributed by atoms with Crippen molar-refractivity contribution in [2.24, 2.45) is 0 Å². The summed E-state index contributed by atoms with van der Waals surface area (Å²) in [6, 6.07) is 14.2. The number of hydrogen-bond donors (Lipinski definition) is 2. The third kappa shape index (κ3) is 5.80. The number of aromatic hydroxyl groups is 1. The first-order valence-corrected chi connectivity index (χ1v) is 12.1. The van der Waals surface area contributed by atoms with Crippen LogP contribution in [0.5, 0.6) is 5.75 Å². The number of likely N-dealkylation sites (N-methyl/N-ethyl adjacent to an activating group) is 2. The van der Waals surface area contributed by atoms with E-state index in [9.17, 15) is 15.0 Å². The smallest absolute Gasteiger partial charge is 0.257 e. The van der Waals surface area contributed by atoms with Crippen molar-refractivity contribution in [3.8, 4) is 17.0 Å². The highest BCUT2D eigenvalue weighted by Gasteiger charge is 2.23. The van der Waals surface area contributed by atoms with E-state index in [2.05, 4.69) is 23.2 Å². The maximum Gasteiger partial charge on any atom is 0.257 e. The van der Waals surface area contributed by atoms with Crippen LogP contribution < -0.4 is 4.90 Å². The third-order valence-electron chi connectivity index (χ3n) is 6.29. The van der Waals surface area contributed by atoms with Gasteiger partial charge in [-0.05, 0) is 48.6 Å². The molecule has 2 N–H and O–H groups in total. The summed E-state index contributed by atoms with van der Waals surface area (Å²) in [4.78, 5) is 26.3. The van der Waals surface area contributed by atoms with Crippen molar-refractivity contribution in [3.05, 3.63) is 95.2 Å². The molecule has 36 heavy (non-hydrogen) atoms. The molecule has 186 valence electrons. The van der Waals surface area contributed by atoms with E-state index in [1.807, 2.05) is 43.1 Å². The van der Waals surface area contributed by atoms with Crippen LogP contribution in [0.3, 0.4) is 0 Å². The summed E-state index contributed by atoms with van der Waals surface area (Å²) in [6.45, 7) is 2.72. The second-order valence-corrected chi connectivity index (χ2v) is 9.16. The number of carbonyl (C=O) groups excluding carboxylic acids is 1. The highest BCUT2D eigenvalue weighted by molar-refractivity contribution is 6.00. The molecule has 0 saturated carbocycles. The molecule has 1 atom stereocenters. The SMILES string of the molecule is Cc1ccccc1-c1nc(N(C)CC2=CCCC=C2)ncc1C(=O)N(C)CC(O)c1cccc(O)c1. The van der Waals surface area contributed by atoms with Gasteiger partial charge in [0, 0.05) is 32.4 Å². The van der Waals surface area contributed by atoms with Crippen molar-refractivity contribution in [2.75, 3.05) is 32.1 Å². The predicted octanol–water partition coefficient (Wildman–Crippen LogP) is 4.68. The van der Waals surface area contributed by atoms with Crippen LogP contribution in [0.2, 0.25) is 0 Å². The van der Waals surface area contributed by atoms with E-state index in [1.165, 1.54) is 22.6 Å². The van der Waals surface area contributed by atoms with Crippen LogP contribution in [-0.2, 0) is 0 Å². The monoisotopic (exact) mass is 484 g/mol. The largest absolute Gasteiger partial charge is 0.508 e. The summed E-state index contributed by atoms with van der Waals surface area (Å²) in [5, 5.41) is 20.4. The average molecular weight is 485 g/mol. The van der Waals surface area contributed by atoms with E-state index in [0.29, 0.717) is 29.3 Å². The average Bonchev–Trinajstić information content (AvgIpc) is 2.88. The van der Waals surface area contributed by atoms with E-state index < -0.39 is 6.10 Å². The molecular weight excluding hydrogens is 452 g/mol. The minimum atomic E-state index is -0.948. The molecule has 1 aromatic heterocycles. The lowest BCUT2D eigenvalue weighted by molar-refractivity contribution is 0.0681. The number of hydrogen-bond acceptors (Lipinski definition) is 6. The van der Waals surface area contributed by atoms with E-state index in [1.54, 1.807) is 25.4 Å². The summed E-state index contributed by atoms with van der Waals surface area (Å²) in [7, 11) is 3.58. The van der Waals surface area contributed by atoms with Crippen LogP contribution in [0.1, 0.15) is 40.4 Å². The van der Waals surface area contributed by atoms with Gasteiger partial charge in [-0.1, -0.05) is 54.6 Å². The number of anilines is 1. The van der Waals surface area contributed by atoms with Gasteiger partial charge in [-0.3, -0.25) is 4.79 Å². The molecule has 1 aliphatic rings. The van der Waals surface area contributed by atoms with E-state index in [4.69, 9.17) is 4.98 Å². The van der Waals surface area contributed by atoms with Gasteiger partial charge in [-0.2, -0.15) is 0 Å². The van der Waals surface area contributed by atoms with Crippen molar-refractivity contribution >= 4 is 11.9 Å². The van der Waals surface area contributed by atoms with Gasteiger partial charge in [0.1, 0.15) is 5.75 Å². The van der Waals surface area contributed by atoms with Gasteiger partial charge in [0.05, 0.1) is 23.9 Å². The Kier molecular flexibility index (Phi) is 7.80. The number of aliphatic hydroxyl groups is 1. The first-order chi connectivity index (χ1) is 17.3. The van der Waals surface area contributed by atoms with Crippen molar-refractivity contribution in [2.45, 2.75) is 25.9 Å². The standard InChI is InChI=1S/C29H32N4O3/c1-20-10-7-8-15-24(20)27-25(17-30-29(31-27)33(3)18-21-11-5-4-6-12-21)28(36)32(2)19-26(35)22-13-9-14-23(34)16-22/h5,7-17,26,34-35H,4,6,18-19H2,1-3H3. The molecule has 0 radical (unpaired) electrons. The van der Waals surface area contributed by atoms with Gasteiger partial charge in [-0.15, -0.1) is 0 Å². The predicted molar refractivity (Wildman–Crippen MR) is 142 cm³/mol. The molecule has 1 amide bonds. The van der Waals surface area contributed by atoms with Gasteiger partial charge >= 0.3 is 0 Å². The van der Waals surface area contributed by atoms with Crippen LogP contribution in [0.25, 0.3) is 11.3 Å². The summed E-state index contributed by atoms with van der Waals surface area (Å²) < 4.78 is 0. The molecule has 0 aliphatic heterocycles. The van der Waals surface area contributed by atoms with Gasteiger partial charge in [0.2, 0.25) is 5.95 Å². The van der Waals surface area contributed by atoms with Crippen molar-refractivity contribution < 1.29 is 15.0 Å². The lowest BCUT2D eigenvalue weighted by Crippen LogP contribution is -2.32. The molecule has 1 heterocycles. The Bertz CT molecular complexity index is 1300. The van der Waals surface area contributed by atoms with Crippen molar-refractivity contribution in [1.82, 2.24) is 14.9 Å². The van der Waals surface area contributed by atoms with Crippen LogP contribution in [0.4, 0.5) is 5.95 Å². The Morgan fingerprint density at radius 3 is 2.64 bits per heavy atom. The number of rotatable bonds is 8.